The lowest BCUT2D eigenvalue weighted by Crippen LogP contribution is -2.41. The van der Waals surface area contributed by atoms with Crippen molar-refractivity contribution < 1.29 is 0 Å². The zero-order chi connectivity index (χ0) is 16.4. The zero-order valence-corrected chi connectivity index (χ0v) is 15.4. The Morgan fingerprint density at radius 2 is 1.50 bits per heavy atom. The highest BCUT2D eigenvalue weighted by Crippen LogP contribution is 2.31. The number of hydrogen-bond donors (Lipinski definition) is 1. The van der Waals surface area contributed by atoms with Crippen molar-refractivity contribution in [3.8, 4) is 0 Å². The first-order valence-corrected chi connectivity index (χ1v) is 7.89. The first-order chi connectivity index (χ1) is 9.27. The van der Waals surface area contributed by atoms with Crippen LogP contribution < -0.4 is 5.32 Å². The summed E-state index contributed by atoms with van der Waals surface area (Å²) in [5.41, 5.74) is 2.68. The molecule has 2 nitrogen and oxygen atoms in total. The summed E-state index contributed by atoms with van der Waals surface area (Å²) in [6, 6.07) is 4.28. The Kier molecular flexibility index (Phi) is 10.6. The molecule has 0 saturated carbocycles. The molecule has 0 unspecified atom stereocenters. The van der Waals surface area contributed by atoms with Crippen LogP contribution in [0.4, 0.5) is 0 Å². The van der Waals surface area contributed by atoms with Crippen LogP contribution in [0.3, 0.4) is 0 Å². The number of nitrogens with one attached hydrogen (secondary N) is 1. The van der Waals surface area contributed by atoms with Gasteiger partial charge in [-0.1, -0.05) is 47.6 Å². The van der Waals surface area contributed by atoms with Gasteiger partial charge >= 0.3 is 0 Å². The third-order valence-electron chi connectivity index (χ3n) is 3.25. The van der Waals surface area contributed by atoms with Crippen molar-refractivity contribution in [2.45, 2.75) is 79.7 Å². The highest BCUT2D eigenvalue weighted by molar-refractivity contribution is 5.22. The van der Waals surface area contributed by atoms with Crippen LogP contribution in [0.25, 0.3) is 0 Å². The molecule has 0 aromatic carbocycles. The van der Waals surface area contributed by atoms with Gasteiger partial charge in [0.2, 0.25) is 0 Å². The molecule has 0 radical (unpaired) electrons. The van der Waals surface area contributed by atoms with Gasteiger partial charge in [-0.15, -0.1) is 0 Å². The fourth-order valence-corrected chi connectivity index (χ4v) is 2.16. The summed E-state index contributed by atoms with van der Waals surface area (Å²) in [5, 5.41) is 3.36. The number of nitrogens with zero attached hydrogens (tertiary/aromatic N) is 1. The van der Waals surface area contributed by atoms with Gasteiger partial charge in [0.05, 0.1) is 0 Å². The third-order valence-corrected chi connectivity index (χ3v) is 3.25. The van der Waals surface area contributed by atoms with Gasteiger partial charge in [-0.3, -0.25) is 4.98 Å². The summed E-state index contributed by atoms with van der Waals surface area (Å²) in [6.45, 7) is 19.0. The third kappa shape index (κ3) is 7.64. The predicted molar refractivity (Wildman–Crippen MR) is 92.5 cm³/mol. The monoisotopic (exact) mass is 280 g/mol. The molecule has 1 aromatic heterocycles. The minimum Gasteiger partial charge on any atom is -0.315 e. The Labute approximate surface area is 127 Å². The Hall–Kier alpha value is -0.890. The molecule has 0 saturated heterocycles. The number of hydrogen-bond acceptors (Lipinski definition) is 2. The molecule has 118 valence electrons. The second-order valence-corrected chi connectivity index (χ2v) is 5.88. The quantitative estimate of drug-likeness (QED) is 0.829. The SMILES string of the molecule is CC.CC.CNC(C)(C)CC(C)(C)c1ccc(C)nc1. The molecule has 0 aliphatic rings. The topological polar surface area (TPSA) is 24.9 Å². The van der Waals surface area contributed by atoms with Crippen molar-refractivity contribution in [3.63, 3.8) is 0 Å². The molecule has 2 heteroatoms. The van der Waals surface area contributed by atoms with E-state index >= 15 is 0 Å². The molecule has 1 heterocycles. The van der Waals surface area contributed by atoms with Crippen molar-refractivity contribution in [2.75, 3.05) is 7.05 Å². The molecule has 0 fully saturated rings. The van der Waals surface area contributed by atoms with Crippen LogP contribution in [0.5, 0.6) is 0 Å². The van der Waals surface area contributed by atoms with Crippen LogP contribution in [0.15, 0.2) is 18.3 Å². The summed E-state index contributed by atoms with van der Waals surface area (Å²) in [6.07, 6.45) is 3.09. The van der Waals surface area contributed by atoms with Crippen LogP contribution in [0.1, 0.15) is 73.1 Å². The van der Waals surface area contributed by atoms with E-state index in [0.29, 0.717) is 0 Å². The van der Waals surface area contributed by atoms with Crippen molar-refractivity contribution in [3.05, 3.63) is 29.6 Å². The van der Waals surface area contributed by atoms with Gasteiger partial charge in [0, 0.05) is 17.4 Å². The van der Waals surface area contributed by atoms with Crippen molar-refractivity contribution in [1.82, 2.24) is 10.3 Å². The van der Waals surface area contributed by atoms with E-state index in [4.69, 9.17) is 0 Å². The molecule has 0 bridgehead atoms. The lowest BCUT2D eigenvalue weighted by atomic mass is 9.75. The summed E-state index contributed by atoms with van der Waals surface area (Å²) >= 11 is 0. The molecule has 0 spiro atoms. The standard InChI is InChI=1S/C14H24N2.2C2H6/c1-11-7-8-12(9-16-11)13(2,3)10-14(4,5)15-6;2*1-2/h7-9,15H,10H2,1-6H3;2*1-2H3. The Balaban J connectivity index is 0. The van der Waals surface area contributed by atoms with Crippen LogP contribution in [-0.2, 0) is 5.41 Å². The minimum absolute atomic E-state index is 0.146. The van der Waals surface area contributed by atoms with E-state index in [-0.39, 0.29) is 11.0 Å². The lowest BCUT2D eigenvalue weighted by molar-refractivity contribution is 0.304. The van der Waals surface area contributed by atoms with E-state index in [1.54, 1.807) is 0 Å². The van der Waals surface area contributed by atoms with E-state index in [0.717, 1.165) is 12.1 Å². The fraction of sp³-hybridized carbons (Fsp3) is 0.722. The van der Waals surface area contributed by atoms with Gasteiger partial charge in [0.1, 0.15) is 0 Å². The van der Waals surface area contributed by atoms with Crippen molar-refractivity contribution in [1.29, 1.82) is 0 Å². The average molecular weight is 280 g/mol. The predicted octanol–water partition coefficient (Wildman–Crippen LogP) is 5.11. The number of aryl methyl sites for hydroxylation is 1. The molecular formula is C18H36N2. The van der Waals surface area contributed by atoms with Crippen LogP contribution in [0.2, 0.25) is 0 Å². The van der Waals surface area contributed by atoms with E-state index in [1.165, 1.54) is 5.56 Å². The number of aromatic nitrogens is 1. The first kappa shape index (κ1) is 21.4. The van der Waals surface area contributed by atoms with Crippen molar-refractivity contribution in [2.24, 2.45) is 0 Å². The zero-order valence-electron chi connectivity index (χ0n) is 15.4. The molecule has 1 rings (SSSR count). The lowest BCUT2D eigenvalue weighted by Gasteiger charge is -2.35. The molecule has 0 atom stereocenters. The van der Waals surface area contributed by atoms with Gasteiger partial charge in [0.15, 0.2) is 0 Å². The van der Waals surface area contributed by atoms with Crippen LogP contribution in [-0.4, -0.2) is 17.6 Å². The fourth-order valence-electron chi connectivity index (χ4n) is 2.16. The minimum atomic E-state index is 0.146. The molecule has 1 N–H and O–H groups in total. The smallest absolute Gasteiger partial charge is 0.0372 e. The second-order valence-electron chi connectivity index (χ2n) is 5.88. The average Bonchev–Trinajstić information content (AvgIpc) is 2.43. The summed E-state index contributed by atoms with van der Waals surface area (Å²) in [4.78, 5) is 4.38. The summed E-state index contributed by atoms with van der Waals surface area (Å²) < 4.78 is 0. The Bertz CT molecular complexity index is 337. The molecule has 0 aliphatic heterocycles. The number of pyridine rings is 1. The molecule has 20 heavy (non-hydrogen) atoms. The van der Waals surface area contributed by atoms with Gasteiger partial charge in [-0.25, -0.2) is 0 Å². The highest BCUT2D eigenvalue weighted by atomic mass is 14.9. The van der Waals surface area contributed by atoms with Gasteiger partial charge in [0.25, 0.3) is 0 Å². The molecule has 0 amide bonds. The van der Waals surface area contributed by atoms with E-state index < -0.39 is 0 Å². The number of rotatable bonds is 4. The maximum absolute atomic E-state index is 4.38. The summed E-state index contributed by atoms with van der Waals surface area (Å²) in [5.74, 6) is 0. The van der Waals surface area contributed by atoms with E-state index in [2.05, 4.69) is 50.1 Å². The molecule has 1 aromatic rings. The highest BCUT2D eigenvalue weighted by Gasteiger charge is 2.29. The van der Waals surface area contributed by atoms with Crippen LogP contribution in [0, 0.1) is 6.92 Å². The Morgan fingerprint density at radius 3 is 1.85 bits per heavy atom. The largest absolute Gasteiger partial charge is 0.315 e. The van der Waals surface area contributed by atoms with Gasteiger partial charge in [-0.05, 0) is 51.3 Å². The van der Waals surface area contributed by atoms with E-state index in [1.807, 2.05) is 47.9 Å². The van der Waals surface area contributed by atoms with Crippen molar-refractivity contribution >= 4 is 0 Å². The molecule has 0 aliphatic carbocycles. The normalized spacial score (nSPS) is 10.9. The van der Waals surface area contributed by atoms with Crippen LogP contribution >= 0.6 is 0 Å². The summed E-state index contributed by atoms with van der Waals surface area (Å²) in [7, 11) is 2.02. The maximum Gasteiger partial charge on any atom is 0.0372 e. The van der Waals surface area contributed by atoms with Gasteiger partial charge < -0.3 is 5.32 Å². The van der Waals surface area contributed by atoms with Gasteiger partial charge in [-0.2, -0.15) is 0 Å². The first-order valence-electron chi connectivity index (χ1n) is 7.89. The second kappa shape index (κ2) is 9.93. The molecular weight excluding hydrogens is 244 g/mol. The Morgan fingerprint density at radius 1 is 1.00 bits per heavy atom. The van der Waals surface area contributed by atoms with E-state index in [9.17, 15) is 0 Å². The maximum atomic E-state index is 4.38.